The lowest BCUT2D eigenvalue weighted by Crippen LogP contribution is -2.44. The Morgan fingerprint density at radius 3 is 2.82 bits per heavy atom. The number of amides is 1. The van der Waals surface area contributed by atoms with Crippen LogP contribution in [0.25, 0.3) is 0 Å². The minimum atomic E-state index is -0.482. The Hall–Kier alpha value is -2.37. The van der Waals surface area contributed by atoms with Crippen molar-refractivity contribution in [2.75, 3.05) is 6.61 Å². The van der Waals surface area contributed by atoms with Crippen molar-refractivity contribution in [3.63, 3.8) is 0 Å². The number of Topliss-reactive ketones (excluding diaryl/α,β-unsaturated/α-hetero) is 1. The number of carbonyl (C=O) groups excluding carboxylic acids is 2. The van der Waals surface area contributed by atoms with Crippen LogP contribution in [0.4, 0.5) is 0 Å². The quantitative estimate of drug-likeness (QED) is 0.795. The first-order valence-electron chi connectivity index (χ1n) is 7.43. The minimum Gasteiger partial charge on any atom is -0.485 e. The van der Waals surface area contributed by atoms with Gasteiger partial charge >= 0.3 is 0 Å². The Balaban J connectivity index is 1.79. The van der Waals surface area contributed by atoms with E-state index in [9.17, 15) is 9.59 Å². The summed E-state index contributed by atoms with van der Waals surface area (Å²) in [5.74, 6) is 0.286. The van der Waals surface area contributed by atoms with Crippen molar-refractivity contribution < 1.29 is 14.3 Å². The highest BCUT2D eigenvalue weighted by Crippen LogP contribution is 2.10. The maximum Gasteiger partial charge on any atom is 0.244 e. The van der Waals surface area contributed by atoms with E-state index >= 15 is 0 Å². The Morgan fingerprint density at radius 2 is 2.14 bits per heavy atom. The molecular formula is C16H21N3O3. The number of benzene rings is 1. The van der Waals surface area contributed by atoms with Gasteiger partial charge in [-0.25, -0.2) is 0 Å². The number of hydrogen-bond acceptors (Lipinski definition) is 5. The normalized spacial score (nSPS) is 18.1. The molecule has 6 nitrogen and oxygen atoms in total. The van der Waals surface area contributed by atoms with Gasteiger partial charge in [0, 0.05) is 12.5 Å². The molecule has 0 aliphatic carbocycles. The summed E-state index contributed by atoms with van der Waals surface area (Å²) < 4.78 is 5.40. The lowest BCUT2D eigenvalue weighted by molar-refractivity contribution is -0.123. The van der Waals surface area contributed by atoms with Crippen molar-refractivity contribution in [1.29, 1.82) is 0 Å². The number of carbonyl (C=O) groups is 2. The van der Waals surface area contributed by atoms with Crippen LogP contribution in [0.1, 0.15) is 26.7 Å². The lowest BCUT2D eigenvalue weighted by atomic mass is 10.1. The number of nitrogens with one attached hydrogen (secondary N) is 2. The van der Waals surface area contributed by atoms with Crippen LogP contribution >= 0.6 is 0 Å². The van der Waals surface area contributed by atoms with Gasteiger partial charge in [0.25, 0.3) is 0 Å². The number of nitrogens with zero attached hydrogens (tertiary/aromatic N) is 1. The average Bonchev–Trinajstić information content (AvgIpc) is 3.03. The maximum atomic E-state index is 12.0. The molecule has 0 saturated heterocycles. The number of para-hydroxylation sites is 1. The van der Waals surface area contributed by atoms with Gasteiger partial charge in [-0.3, -0.25) is 15.0 Å². The molecule has 2 N–H and O–H groups in total. The Kier molecular flexibility index (Phi) is 5.52. The van der Waals surface area contributed by atoms with Gasteiger partial charge in [-0.2, -0.15) is 5.10 Å². The van der Waals surface area contributed by atoms with Crippen LogP contribution in [0.15, 0.2) is 35.4 Å². The van der Waals surface area contributed by atoms with E-state index in [-0.39, 0.29) is 24.3 Å². The summed E-state index contributed by atoms with van der Waals surface area (Å²) in [7, 11) is 0. The van der Waals surface area contributed by atoms with Crippen molar-refractivity contribution in [3.8, 4) is 5.75 Å². The van der Waals surface area contributed by atoms with Gasteiger partial charge in [0.2, 0.25) is 11.7 Å². The van der Waals surface area contributed by atoms with E-state index < -0.39 is 6.04 Å². The molecule has 22 heavy (non-hydrogen) atoms. The monoisotopic (exact) mass is 303 g/mol. The molecule has 2 rings (SSSR count). The molecule has 0 fully saturated rings. The second kappa shape index (κ2) is 7.59. The van der Waals surface area contributed by atoms with Crippen LogP contribution < -0.4 is 15.5 Å². The van der Waals surface area contributed by atoms with Crippen LogP contribution in [-0.2, 0) is 9.59 Å². The third-order valence-corrected chi connectivity index (χ3v) is 3.51. The summed E-state index contributed by atoms with van der Waals surface area (Å²) >= 11 is 0. The zero-order valence-electron chi connectivity index (χ0n) is 12.8. The van der Waals surface area contributed by atoms with Crippen LogP contribution in [-0.4, -0.2) is 36.1 Å². The third kappa shape index (κ3) is 4.31. The Bertz CT molecular complexity index is 557. The summed E-state index contributed by atoms with van der Waals surface area (Å²) in [6.07, 6.45) is 1.15. The molecular weight excluding hydrogens is 282 g/mol. The molecule has 6 heteroatoms. The Morgan fingerprint density at radius 1 is 1.41 bits per heavy atom. The van der Waals surface area contributed by atoms with Crippen molar-refractivity contribution in [1.82, 2.24) is 10.7 Å². The zero-order chi connectivity index (χ0) is 15.9. The predicted octanol–water partition coefficient (Wildman–Crippen LogP) is 1.27. The summed E-state index contributed by atoms with van der Waals surface area (Å²) in [6.45, 7) is 3.86. The third-order valence-electron chi connectivity index (χ3n) is 3.51. The largest absolute Gasteiger partial charge is 0.485 e. The van der Waals surface area contributed by atoms with Crippen molar-refractivity contribution in [2.24, 2.45) is 5.10 Å². The van der Waals surface area contributed by atoms with E-state index in [2.05, 4.69) is 15.8 Å². The van der Waals surface area contributed by atoms with Crippen LogP contribution in [0.5, 0.6) is 5.75 Å². The molecule has 2 unspecified atom stereocenters. The van der Waals surface area contributed by atoms with E-state index in [1.54, 1.807) is 12.1 Å². The van der Waals surface area contributed by atoms with Gasteiger partial charge in [-0.15, -0.1) is 0 Å². The molecule has 1 amide bonds. The highest BCUT2D eigenvalue weighted by molar-refractivity contribution is 6.41. The summed E-state index contributed by atoms with van der Waals surface area (Å²) in [5, 5.41) is 6.83. The molecule has 118 valence electrons. The molecule has 0 radical (unpaired) electrons. The van der Waals surface area contributed by atoms with E-state index in [1.165, 1.54) is 0 Å². The number of ketones is 1. The standard InChI is InChI=1S/C16H21N3O3/c1-3-11(2)17-16(21)14-9-13(18-19-14)15(20)10-22-12-7-5-4-6-8-12/h4-8,11,14,19H,3,9-10H2,1-2H3,(H,17,21). The summed E-state index contributed by atoms with van der Waals surface area (Å²) in [6, 6.07) is 8.74. The molecule has 0 aromatic heterocycles. The molecule has 0 bridgehead atoms. The molecule has 0 spiro atoms. The van der Waals surface area contributed by atoms with E-state index in [4.69, 9.17) is 4.74 Å². The topological polar surface area (TPSA) is 79.8 Å². The summed E-state index contributed by atoms with van der Waals surface area (Å²) in [4.78, 5) is 24.0. The maximum absolute atomic E-state index is 12.0. The fraction of sp³-hybridized carbons (Fsp3) is 0.438. The second-order valence-electron chi connectivity index (χ2n) is 5.29. The molecule has 1 aliphatic rings. The number of ether oxygens (including phenoxy) is 1. The molecule has 1 aromatic rings. The van der Waals surface area contributed by atoms with Gasteiger partial charge in [-0.05, 0) is 25.5 Å². The van der Waals surface area contributed by atoms with Gasteiger partial charge < -0.3 is 10.1 Å². The fourth-order valence-corrected chi connectivity index (χ4v) is 1.96. The van der Waals surface area contributed by atoms with Crippen LogP contribution in [0.2, 0.25) is 0 Å². The summed E-state index contributed by atoms with van der Waals surface area (Å²) in [5.41, 5.74) is 3.06. The average molecular weight is 303 g/mol. The van der Waals surface area contributed by atoms with Crippen LogP contribution in [0, 0.1) is 0 Å². The highest BCUT2D eigenvalue weighted by atomic mass is 16.5. The van der Waals surface area contributed by atoms with E-state index in [0.717, 1.165) is 6.42 Å². The molecule has 1 heterocycles. The van der Waals surface area contributed by atoms with Crippen molar-refractivity contribution >= 4 is 17.4 Å². The van der Waals surface area contributed by atoms with E-state index in [1.807, 2.05) is 32.0 Å². The van der Waals surface area contributed by atoms with Gasteiger partial charge in [0.15, 0.2) is 6.61 Å². The van der Waals surface area contributed by atoms with Crippen molar-refractivity contribution in [2.45, 2.75) is 38.8 Å². The van der Waals surface area contributed by atoms with Crippen molar-refractivity contribution in [3.05, 3.63) is 30.3 Å². The number of hydrazone groups is 1. The Labute approximate surface area is 129 Å². The molecule has 0 saturated carbocycles. The molecule has 1 aromatic carbocycles. The molecule has 2 atom stereocenters. The first kappa shape index (κ1) is 16.0. The van der Waals surface area contributed by atoms with Gasteiger partial charge in [0.1, 0.15) is 17.5 Å². The highest BCUT2D eigenvalue weighted by Gasteiger charge is 2.29. The minimum absolute atomic E-state index is 0.0791. The van der Waals surface area contributed by atoms with Gasteiger partial charge in [0.05, 0.1) is 0 Å². The number of hydrogen-bond donors (Lipinski definition) is 2. The second-order valence-corrected chi connectivity index (χ2v) is 5.29. The number of rotatable bonds is 7. The molecule has 1 aliphatic heterocycles. The first-order valence-corrected chi connectivity index (χ1v) is 7.43. The first-order chi connectivity index (χ1) is 10.6. The predicted molar refractivity (Wildman–Crippen MR) is 83.8 cm³/mol. The lowest BCUT2D eigenvalue weighted by Gasteiger charge is -2.15. The van der Waals surface area contributed by atoms with E-state index in [0.29, 0.717) is 17.9 Å². The van der Waals surface area contributed by atoms with Crippen LogP contribution in [0.3, 0.4) is 0 Å². The smallest absolute Gasteiger partial charge is 0.244 e. The zero-order valence-corrected chi connectivity index (χ0v) is 12.8. The SMILES string of the molecule is CCC(C)NC(=O)C1CC(C(=O)COc2ccccc2)=NN1. The fourth-order valence-electron chi connectivity index (χ4n) is 1.96. The van der Waals surface area contributed by atoms with Gasteiger partial charge in [-0.1, -0.05) is 25.1 Å².